The summed E-state index contributed by atoms with van der Waals surface area (Å²) >= 11 is 0. The minimum absolute atomic E-state index is 0.0381. The maximum absolute atomic E-state index is 5.40. The predicted octanol–water partition coefficient (Wildman–Crippen LogP) is 0.350. The lowest BCUT2D eigenvalue weighted by Gasteiger charge is -2.25. The summed E-state index contributed by atoms with van der Waals surface area (Å²) in [4.78, 5) is 4.60. The first kappa shape index (κ1) is 12.0. The summed E-state index contributed by atoms with van der Waals surface area (Å²) in [6, 6.07) is 0.0381. The number of nitrogens with zero attached hydrogens (tertiary/aromatic N) is 1. The zero-order valence-corrected chi connectivity index (χ0v) is 9.84. The number of rotatable bonds is 2. The molecule has 0 spiro atoms. The number of nitrogens with two attached hydrogens (primary N) is 3. The van der Waals surface area contributed by atoms with Crippen molar-refractivity contribution >= 4 is 5.71 Å². The topological polar surface area (TPSA) is 99.6 Å². The molecule has 1 aliphatic carbocycles. The average molecular weight is 234 g/mol. The van der Waals surface area contributed by atoms with Crippen LogP contribution in [0.1, 0.15) is 13.3 Å². The molecule has 1 aliphatic heterocycles. The maximum atomic E-state index is 5.40. The quantitative estimate of drug-likeness (QED) is 0.474. The fraction of sp³-hybridized carbons (Fsp3) is 0.417. The minimum Gasteiger partial charge on any atom is -0.447 e. The van der Waals surface area contributed by atoms with Crippen LogP contribution in [0.15, 0.2) is 41.1 Å². The molecule has 0 amide bonds. The molecular formula is C12H18N4O. The number of allylic oxidation sites excluding steroid dienone is 2. The first-order valence-corrected chi connectivity index (χ1v) is 5.60. The SMILES string of the molecule is CC1=NC2C=C(OC(N)(N)N)C=CC2C=CC1. The van der Waals surface area contributed by atoms with Crippen molar-refractivity contribution in [1.29, 1.82) is 0 Å². The van der Waals surface area contributed by atoms with Crippen LogP contribution in [-0.4, -0.2) is 17.7 Å². The molecule has 0 aromatic carbocycles. The Morgan fingerprint density at radius 1 is 1.35 bits per heavy atom. The molecule has 0 saturated carbocycles. The van der Waals surface area contributed by atoms with E-state index in [1.54, 1.807) is 0 Å². The van der Waals surface area contributed by atoms with Gasteiger partial charge in [-0.15, -0.1) is 0 Å². The fourth-order valence-electron chi connectivity index (χ4n) is 1.93. The van der Waals surface area contributed by atoms with Crippen molar-refractivity contribution in [3.05, 3.63) is 36.1 Å². The van der Waals surface area contributed by atoms with E-state index >= 15 is 0 Å². The van der Waals surface area contributed by atoms with Crippen molar-refractivity contribution in [3.8, 4) is 0 Å². The molecule has 17 heavy (non-hydrogen) atoms. The van der Waals surface area contributed by atoms with E-state index in [9.17, 15) is 0 Å². The van der Waals surface area contributed by atoms with Gasteiger partial charge in [0.05, 0.1) is 6.04 Å². The second-order valence-electron chi connectivity index (χ2n) is 4.45. The summed E-state index contributed by atoms with van der Waals surface area (Å²) in [7, 11) is 0. The van der Waals surface area contributed by atoms with Gasteiger partial charge in [0.1, 0.15) is 5.76 Å². The number of hydrogen-bond donors (Lipinski definition) is 3. The summed E-state index contributed by atoms with van der Waals surface area (Å²) in [6.45, 7) is 2.01. The smallest absolute Gasteiger partial charge is 0.271 e. The standard InChI is InChI=1S/C12H18N4O/c1-8-3-2-4-9-5-6-10(7-11(9)16-8)17-12(13,14)15/h2,4-7,9,11H,3,13-15H2,1H3. The van der Waals surface area contributed by atoms with Crippen LogP contribution in [0.5, 0.6) is 0 Å². The first-order chi connectivity index (χ1) is 7.94. The molecule has 2 rings (SSSR count). The molecule has 0 radical (unpaired) electrons. The minimum atomic E-state index is -1.65. The van der Waals surface area contributed by atoms with Gasteiger partial charge >= 0.3 is 0 Å². The van der Waals surface area contributed by atoms with Crippen molar-refractivity contribution in [2.24, 2.45) is 28.1 Å². The van der Waals surface area contributed by atoms with Crippen LogP contribution in [0.4, 0.5) is 0 Å². The van der Waals surface area contributed by atoms with E-state index in [1.165, 1.54) is 0 Å². The molecule has 2 aliphatic rings. The normalized spacial score (nSPS) is 28.0. The van der Waals surface area contributed by atoms with E-state index in [0.29, 0.717) is 5.76 Å². The molecule has 0 aromatic rings. The number of hydrogen-bond acceptors (Lipinski definition) is 5. The van der Waals surface area contributed by atoms with E-state index in [4.69, 9.17) is 21.9 Å². The molecule has 2 unspecified atom stereocenters. The van der Waals surface area contributed by atoms with E-state index < -0.39 is 5.97 Å². The second kappa shape index (κ2) is 4.44. The van der Waals surface area contributed by atoms with Crippen molar-refractivity contribution < 1.29 is 4.74 Å². The van der Waals surface area contributed by atoms with Crippen molar-refractivity contribution in [1.82, 2.24) is 0 Å². The molecule has 5 nitrogen and oxygen atoms in total. The van der Waals surface area contributed by atoms with Gasteiger partial charge in [-0.05, 0) is 19.1 Å². The first-order valence-electron chi connectivity index (χ1n) is 5.60. The summed E-state index contributed by atoms with van der Waals surface area (Å²) < 4.78 is 5.22. The van der Waals surface area contributed by atoms with Crippen LogP contribution in [0.25, 0.3) is 0 Å². The van der Waals surface area contributed by atoms with Crippen LogP contribution >= 0.6 is 0 Å². The zero-order chi connectivity index (χ0) is 12.5. The maximum Gasteiger partial charge on any atom is 0.271 e. The van der Waals surface area contributed by atoms with Gasteiger partial charge in [0.2, 0.25) is 0 Å². The summed E-state index contributed by atoms with van der Waals surface area (Å²) in [6.07, 6.45) is 10.9. The number of ether oxygens (including phenoxy) is 1. The molecule has 92 valence electrons. The molecule has 2 atom stereocenters. The van der Waals surface area contributed by atoms with Crippen molar-refractivity contribution in [2.75, 3.05) is 0 Å². The predicted molar refractivity (Wildman–Crippen MR) is 67.7 cm³/mol. The fourth-order valence-corrected chi connectivity index (χ4v) is 1.93. The molecule has 0 saturated heterocycles. The van der Waals surface area contributed by atoms with Gasteiger partial charge in [0.15, 0.2) is 0 Å². The third-order valence-electron chi connectivity index (χ3n) is 2.65. The lowest BCUT2D eigenvalue weighted by Crippen LogP contribution is -2.59. The molecule has 0 bridgehead atoms. The Morgan fingerprint density at radius 3 is 2.82 bits per heavy atom. The van der Waals surface area contributed by atoms with E-state index in [1.807, 2.05) is 25.2 Å². The van der Waals surface area contributed by atoms with Gasteiger partial charge < -0.3 is 4.74 Å². The zero-order valence-electron chi connectivity index (χ0n) is 9.84. The van der Waals surface area contributed by atoms with Crippen LogP contribution in [0, 0.1) is 5.92 Å². The Labute approximate surface area is 101 Å². The van der Waals surface area contributed by atoms with Gasteiger partial charge in [-0.2, -0.15) is 0 Å². The molecule has 6 N–H and O–H groups in total. The van der Waals surface area contributed by atoms with Crippen LogP contribution in [0.3, 0.4) is 0 Å². The van der Waals surface area contributed by atoms with E-state index in [2.05, 4.69) is 17.1 Å². The highest BCUT2D eigenvalue weighted by Gasteiger charge is 2.23. The lowest BCUT2D eigenvalue weighted by atomic mass is 9.95. The summed E-state index contributed by atoms with van der Waals surface area (Å²) in [5.41, 5.74) is 17.3. The largest absolute Gasteiger partial charge is 0.447 e. The van der Waals surface area contributed by atoms with Gasteiger partial charge in [-0.1, -0.05) is 18.2 Å². The van der Waals surface area contributed by atoms with E-state index in [-0.39, 0.29) is 12.0 Å². The second-order valence-corrected chi connectivity index (χ2v) is 4.45. The number of fused-ring (bicyclic) bond motifs is 1. The summed E-state index contributed by atoms with van der Waals surface area (Å²) in [5, 5.41) is 0. The van der Waals surface area contributed by atoms with Crippen molar-refractivity contribution in [2.45, 2.75) is 25.4 Å². The Bertz CT molecular complexity index is 415. The van der Waals surface area contributed by atoms with Gasteiger partial charge in [-0.3, -0.25) is 22.2 Å². The highest BCUT2D eigenvalue weighted by molar-refractivity contribution is 5.84. The Balaban J connectivity index is 2.19. The van der Waals surface area contributed by atoms with Crippen LogP contribution in [-0.2, 0) is 4.74 Å². The Kier molecular flexibility index (Phi) is 3.15. The average Bonchev–Trinajstić information content (AvgIpc) is 2.35. The number of aliphatic imine (C=N–C) groups is 1. The third-order valence-corrected chi connectivity index (χ3v) is 2.65. The molecular weight excluding hydrogens is 216 g/mol. The molecule has 0 aromatic heterocycles. The molecule has 5 heteroatoms. The van der Waals surface area contributed by atoms with Crippen LogP contribution in [0.2, 0.25) is 0 Å². The molecule has 0 fully saturated rings. The van der Waals surface area contributed by atoms with E-state index in [0.717, 1.165) is 12.1 Å². The highest BCUT2D eigenvalue weighted by atomic mass is 16.5. The molecule has 1 heterocycles. The summed E-state index contributed by atoms with van der Waals surface area (Å²) in [5.74, 6) is -0.823. The van der Waals surface area contributed by atoms with Gasteiger partial charge in [-0.25, -0.2) is 0 Å². The monoisotopic (exact) mass is 234 g/mol. The Morgan fingerprint density at radius 2 is 2.12 bits per heavy atom. The van der Waals surface area contributed by atoms with Crippen LogP contribution < -0.4 is 17.2 Å². The van der Waals surface area contributed by atoms with Gasteiger partial charge in [0, 0.05) is 18.1 Å². The van der Waals surface area contributed by atoms with Crippen molar-refractivity contribution in [3.63, 3.8) is 0 Å². The lowest BCUT2D eigenvalue weighted by molar-refractivity contribution is 0.0237. The third kappa shape index (κ3) is 3.26. The highest BCUT2D eigenvalue weighted by Crippen LogP contribution is 2.24. The Hall–Kier alpha value is -1.43. The van der Waals surface area contributed by atoms with Gasteiger partial charge in [0.25, 0.3) is 5.97 Å².